The molecule has 0 saturated carbocycles. The second-order valence-corrected chi connectivity index (χ2v) is 4.02. The molecule has 1 saturated heterocycles. The first-order chi connectivity index (χ1) is 8.31. The van der Waals surface area contributed by atoms with Crippen LogP contribution in [0.15, 0.2) is 24.3 Å². The van der Waals surface area contributed by atoms with Crippen molar-refractivity contribution in [1.82, 2.24) is 5.32 Å². The Balaban J connectivity index is 2.03. The summed E-state index contributed by atoms with van der Waals surface area (Å²) < 4.78 is 10.7. The molecule has 17 heavy (non-hydrogen) atoms. The van der Waals surface area contributed by atoms with Crippen molar-refractivity contribution in [2.75, 3.05) is 26.8 Å². The zero-order valence-corrected chi connectivity index (χ0v) is 9.94. The maximum Gasteiger partial charge on any atom is 0.169 e. The number of methoxy groups -OCH3 is 1. The van der Waals surface area contributed by atoms with Crippen LogP contribution in [0.1, 0.15) is 16.8 Å². The smallest absolute Gasteiger partial charge is 0.169 e. The second-order valence-electron chi connectivity index (χ2n) is 4.02. The minimum absolute atomic E-state index is 0.0267. The molecule has 4 nitrogen and oxygen atoms in total. The molecule has 0 amide bonds. The first-order valence-corrected chi connectivity index (χ1v) is 5.80. The van der Waals surface area contributed by atoms with Crippen LogP contribution in [0.2, 0.25) is 0 Å². The minimum Gasteiger partial charge on any atom is -0.496 e. The van der Waals surface area contributed by atoms with Crippen LogP contribution >= 0.6 is 0 Å². The number of carbonyl (C=O) groups excluding carboxylic acids is 1. The van der Waals surface area contributed by atoms with E-state index < -0.39 is 0 Å². The standard InChI is InChI=1S/C13H17NO3/c1-16-13-5-3-2-4-11(13)12(15)8-10-9-14-6-7-17-10/h2-5,10,14H,6-9H2,1H3. The van der Waals surface area contributed by atoms with Crippen LogP contribution in [0.3, 0.4) is 0 Å². The number of para-hydroxylation sites is 1. The molecule has 0 aliphatic carbocycles. The zero-order valence-electron chi connectivity index (χ0n) is 9.94. The van der Waals surface area contributed by atoms with Gasteiger partial charge in [-0.15, -0.1) is 0 Å². The fourth-order valence-corrected chi connectivity index (χ4v) is 1.94. The van der Waals surface area contributed by atoms with E-state index in [2.05, 4.69) is 5.32 Å². The van der Waals surface area contributed by atoms with Gasteiger partial charge in [0.25, 0.3) is 0 Å². The highest BCUT2D eigenvalue weighted by molar-refractivity contribution is 5.98. The van der Waals surface area contributed by atoms with Crippen LogP contribution < -0.4 is 10.1 Å². The Hall–Kier alpha value is -1.39. The number of Topliss-reactive ketones (excluding diaryl/α,β-unsaturated/α-hetero) is 1. The monoisotopic (exact) mass is 235 g/mol. The predicted molar refractivity (Wildman–Crippen MR) is 64.6 cm³/mol. The van der Waals surface area contributed by atoms with Gasteiger partial charge in [-0.2, -0.15) is 0 Å². The molecule has 4 heteroatoms. The van der Waals surface area contributed by atoms with Gasteiger partial charge in [-0.3, -0.25) is 4.79 Å². The Labute approximate surface area is 101 Å². The Morgan fingerprint density at radius 1 is 1.53 bits per heavy atom. The lowest BCUT2D eigenvalue weighted by Gasteiger charge is -2.23. The van der Waals surface area contributed by atoms with Crippen molar-refractivity contribution < 1.29 is 14.3 Å². The van der Waals surface area contributed by atoms with Crippen LogP contribution in [-0.2, 0) is 4.74 Å². The van der Waals surface area contributed by atoms with Gasteiger partial charge < -0.3 is 14.8 Å². The molecular weight excluding hydrogens is 218 g/mol. The number of rotatable bonds is 4. The number of hydrogen-bond acceptors (Lipinski definition) is 4. The quantitative estimate of drug-likeness (QED) is 0.798. The molecular formula is C13H17NO3. The number of nitrogens with one attached hydrogen (secondary N) is 1. The van der Waals surface area contributed by atoms with E-state index in [4.69, 9.17) is 9.47 Å². The second kappa shape index (κ2) is 5.80. The molecule has 1 aliphatic rings. The molecule has 1 N–H and O–H groups in total. The summed E-state index contributed by atoms with van der Waals surface area (Å²) in [4.78, 5) is 12.1. The molecule has 1 aromatic carbocycles. The van der Waals surface area contributed by atoms with Gasteiger partial charge in [0.1, 0.15) is 5.75 Å². The van der Waals surface area contributed by atoms with Crippen molar-refractivity contribution in [1.29, 1.82) is 0 Å². The fourth-order valence-electron chi connectivity index (χ4n) is 1.94. The van der Waals surface area contributed by atoms with Crippen LogP contribution in [-0.4, -0.2) is 38.7 Å². The van der Waals surface area contributed by atoms with Crippen LogP contribution in [0.5, 0.6) is 5.75 Å². The SMILES string of the molecule is COc1ccccc1C(=O)CC1CNCCO1. The van der Waals surface area contributed by atoms with Crippen molar-refractivity contribution in [2.45, 2.75) is 12.5 Å². The number of benzene rings is 1. The maximum absolute atomic E-state index is 12.1. The minimum atomic E-state index is -0.0267. The summed E-state index contributed by atoms with van der Waals surface area (Å²) in [7, 11) is 1.57. The topological polar surface area (TPSA) is 47.6 Å². The molecule has 0 spiro atoms. The van der Waals surface area contributed by atoms with E-state index in [0.29, 0.717) is 24.3 Å². The van der Waals surface area contributed by atoms with E-state index in [1.165, 1.54) is 0 Å². The van der Waals surface area contributed by atoms with E-state index in [1.54, 1.807) is 19.2 Å². The third-order valence-electron chi connectivity index (χ3n) is 2.82. The van der Waals surface area contributed by atoms with Crippen LogP contribution in [0.4, 0.5) is 0 Å². The first-order valence-electron chi connectivity index (χ1n) is 5.80. The van der Waals surface area contributed by atoms with E-state index >= 15 is 0 Å². The van der Waals surface area contributed by atoms with Gasteiger partial charge >= 0.3 is 0 Å². The third kappa shape index (κ3) is 3.05. The average molecular weight is 235 g/mol. The molecule has 92 valence electrons. The Bertz CT molecular complexity index is 386. The summed E-state index contributed by atoms with van der Waals surface area (Å²) in [6.07, 6.45) is 0.370. The molecule has 1 unspecified atom stereocenters. The summed E-state index contributed by atoms with van der Waals surface area (Å²) in [5.41, 5.74) is 0.629. The zero-order chi connectivity index (χ0) is 12.1. The van der Waals surface area contributed by atoms with Gasteiger partial charge in [-0.1, -0.05) is 12.1 Å². The molecule has 0 bridgehead atoms. The highest BCUT2D eigenvalue weighted by atomic mass is 16.5. The maximum atomic E-state index is 12.1. The summed E-state index contributed by atoms with van der Waals surface area (Å²) >= 11 is 0. The summed E-state index contributed by atoms with van der Waals surface area (Å²) in [6.45, 7) is 2.27. The van der Waals surface area contributed by atoms with E-state index in [1.807, 2.05) is 12.1 Å². The van der Waals surface area contributed by atoms with Crippen LogP contribution in [0.25, 0.3) is 0 Å². The lowest BCUT2D eigenvalue weighted by Crippen LogP contribution is -2.39. The summed E-state index contributed by atoms with van der Waals surface area (Å²) in [5.74, 6) is 0.692. The first kappa shape index (κ1) is 12.1. The normalized spacial score (nSPS) is 19.9. The van der Waals surface area contributed by atoms with Crippen LogP contribution in [0, 0.1) is 0 Å². The lowest BCUT2D eigenvalue weighted by molar-refractivity contribution is 0.0239. The van der Waals surface area contributed by atoms with Gasteiger partial charge in [-0.25, -0.2) is 0 Å². The molecule has 1 aromatic rings. The molecule has 1 fully saturated rings. The van der Waals surface area contributed by atoms with Gasteiger partial charge in [0.05, 0.1) is 25.4 Å². The van der Waals surface area contributed by atoms with Gasteiger partial charge in [0.15, 0.2) is 5.78 Å². The lowest BCUT2D eigenvalue weighted by atomic mass is 10.0. The molecule has 0 aromatic heterocycles. The summed E-state index contributed by atoms with van der Waals surface area (Å²) in [6, 6.07) is 7.29. The number of morpholine rings is 1. The van der Waals surface area contributed by atoms with Gasteiger partial charge in [-0.05, 0) is 12.1 Å². The van der Waals surface area contributed by atoms with Crippen molar-refractivity contribution in [3.63, 3.8) is 0 Å². The highest BCUT2D eigenvalue weighted by Gasteiger charge is 2.20. The van der Waals surface area contributed by atoms with E-state index in [-0.39, 0.29) is 11.9 Å². The number of hydrogen-bond donors (Lipinski definition) is 1. The number of ketones is 1. The highest BCUT2D eigenvalue weighted by Crippen LogP contribution is 2.20. The van der Waals surface area contributed by atoms with E-state index in [9.17, 15) is 4.79 Å². The molecule has 2 rings (SSSR count). The molecule has 0 radical (unpaired) electrons. The largest absolute Gasteiger partial charge is 0.496 e. The molecule has 1 atom stereocenters. The third-order valence-corrected chi connectivity index (χ3v) is 2.82. The molecule has 1 aliphatic heterocycles. The van der Waals surface area contributed by atoms with Gasteiger partial charge in [0, 0.05) is 19.5 Å². The van der Waals surface area contributed by atoms with Crippen molar-refractivity contribution in [3.8, 4) is 5.75 Å². The fraction of sp³-hybridized carbons (Fsp3) is 0.462. The van der Waals surface area contributed by atoms with E-state index in [0.717, 1.165) is 13.1 Å². The predicted octanol–water partition coefficient (Wildman–Crippen LogP) is 1.26. The van der Waals surface area contributed by atoms with Crippen molar-refractivity contribution in [2.24, 2.45) is 0 Å². The molecule has 1 heterocycles. The Kier molecular flexibility index (Phi) is 4.12. The average Bonchev–Trinajstić information content (AvgIpc) is 2.40. The Morgan fingerprint density at radius 2 is 2.35 bits per heavy atom. The van der Waals surface area contributed by atoms with Gasteiger partial charge in [0.2, 0.25) is 0 Å². The van der Waals surface area contributed by atoms with Crippen molar-refractivity contribution in [3.05, 3.63) is 29.8 Å². The Morgan fingerprint density at radius 3 is 3.06 bits per heavy atom. The van der Waals surface area contributed by atoms with Crippen molar-refractivity contribution >= 4 is 5.78 Å². The number of carbonyl (C=O) groups is 1. The summed E-state index contributed by atoms with van der Waals surface area (Å²) in [5, 5.41) is 3.21. The number of ether oxygens (including phenoxy) is 2.